The van der Waals surface area contributed by atoms with E-state index in [4.69, 9.17) is 21.1 Å². The van der Waals surface area contributed by atoms with Gasteiger partial charge in [-0.25, -0.2) is 4.79 Å². The van der Waals surface area contributed by atoms with Gasteiger partial charge in [0.05, 0.1) is 7.11 Å². The van der Waals surface area contributed by atoms with Crippen LogP contribution in [-0.2, 0) is 20.9 Å². The van der Waals surface area contributed by atoms with E-state index in [0.29, 0.717) is 29.2 Å². The van der Waals surface area contributed by atoms with Crippen molar-refractivity contribution in [3.8, 4) is 5.75 Å². The zero-order chi connectivity index (χ0) is 18.0. The fourth-order valence-electron chi connectivity index (χ4n) is 3.33. The molecule has 1 aliphatic carbocycles. The zero-order valence-electron chi connectivity index (χ0n) is 13.8. The number of imide groups is 1. The molecule has 1 saturated heterocycles. The molecule has 0 unspecified atom stereocenters. The monoisotopic (exact) mass is 366 g/mol. The summed E-state index contributed by atoms with van der Waals surface area (Å²) >= 11 is 5.93. The van der Waals surface area contributed by atoms with Crippen LogP contribution in [0.3, 0.4) is 0 Å². The Balaban J connectivity index is 1.61. The van der Waals surface area contributed by atoms with Gasteiger partial charge in [0.2, 0.25) is 0 Å². The molecule has 0 radical (unpaired) electrons. The number of halogens is 1. The summed E-state index contributed by atoms with van der Waals surface area (Å²) in [5.74, 6) is -0.468. The SMILES string of the molecule is COc1ccc(Cl)cc1COC(=O)CN1C(=O)NC2(CCCC2)C1=O. The molecule has 7 nitrogen and oxygen atoms in total. The van der Waals surface area contributed by atoms with Gasteiger partial charge in [0.1, 0.15) is 24.4 Å². The number of urea groups is 1. The number of esters is 1. The second-order valence-corrected chi connectivity index (χ2v) is 6.66. The highest BCUT2D eigenvalue weighted by Gasteiger charge is 2.52. The molecule has 1 aliphatic heterocycles. The molecule has 2 aliphatic rings. The quantitative estimate of drug-likeness (QED) is 0.638. The highest BCUT2D eigenvalue weighted by atomic mass is 35.5. The van der Waals surface area contributed by atoms with E-state index in [1.807, 2.05) is 0 Å². The van der Waals surface area contributed by atoms with Crippen LogP contribution >= 0.6 is 11.6 Å². The molecule has 1 aromatic rings. The van der Waals surface area contributed by atoms with Crippen LogP contribution < -0.4 is 10.1 Å². The molecule has 1 saturated carbocycles. The first-order valence-corrected chi connectivity index (χ1v) is 8.45. The summed E-state index contributed by atoms with van der Waals surface area (Å²) in [6, 6.07) is 4.44. The summed E-state index contributed by atoms with van der Waals surface area (Å²) in [5.41, 5.74) is -0.221. The van der Waals surface area contributed by atoms with Gasteiger partial charge in [-0.1, -0.05) is 24.4 Å². The normalized spacial score (nSPS) is 18.6. The average molecular weight is 367 g/mol. The zero-order valence-corrected chi connectivity index (χ0v) is 14.6. The smallest absolute Gasteiger partial charge is 0.326 e. The Hall–Kier alpha value is -2.28. The predicted molar refractivity (Wildman–Crippen MR) is 89.2 cm³/mol. The number of nitrogens with one attached hydrogen (secondary N) is 1. The van der Waals surface area contributed by atoms with E-state index in [0.717, 1.165) is 17.7 Å². The van der Waals surface area contributed by atoms with E-state index < -0.39 is 24.1 Å². The first-order valence-electron chi connectivity index (χ1n) is 8.07. The van der Waals surface area contributed by atoms with Crippen LogP contribution in [0, 0.1) is 0 Å². The van der Waals surface area contributed by atoms with Crippen molar-refractivity contribution in [2.24, 2.45) is 0 Å². The Kier molecular flexibility index (Phi) is 4.85. The fraction of sp³-hybridized carbons (Fsp3) is 0.471. The molecule has 0 aromatic heterocycles. The van der Waals surface area contributed by atoms with Crippen molar-refractivity contribution in [1.29, 1.82) is 0 Å². The highest BCUT2D eigenvalue weighted by molar-refractivity contribution is 6.30. The largest absolute Gasteiger partial charge is 0.496 e. The highest BCUT2D eigenvalue weighted by Crippen LogP contribution is 2.35. The number of methoxy groups -OCH3 is 1. The van der Waals surface area contributed by atoms with Crippen LogP contribution in [0.4, 0.5) is 4.79 Å². The van der Waals surface area contributed by atoms with Gasteiger partial charge in [0, 0.05) is 10.6 Å². The molecule has 8 heteroatoms. The third-order valence-corrected chi connectivity index (χ3v) is 4.86. The lowest BCUT2D eigenvalue weighted by Gasteiger charge is -2.19. The maximum atomic E-state index is 12.5. The number of nitrogens with zero attached hydrogens (tertiary/aromatic N) is 1. The topological polar surface area (TPSA) is 84.9 Å². The van der Waals surface area contributed by atoms with Gasteiger partial charge in [0.15, 0.2) is 0 Å². The van der Waals surface area contributed by atoms with E-state index in [1.165, 1.54) is 7.11 Å². The van der Waals surface area contributed by atoms with Crippen LogP contribution in [0.5, 0.6) is 5.75 Å². The van der Waals surface area contributed by atoms with Gasteiger partial charge in [-0.2, -0.15) is 0 Å². The molecule has 3 rings (SSSR count). The summed E-state index contributed by atoms with van der Waals surface area (Å²) in [4.78, 5) is 37.6. The van der Waals surface area contributed by atoms with Crippen molar-refractivity contribution >= 4 is 29.5 Å². The van der Waals surface area contributed by atoms with Crippen LogP contribution in [0.15, 0.2) is 18.2 Å². The van der Waals surface area contributed by atoms with E-state index in [1.54, 1.807) is 18.2 Å². The van der Waals surface area contributed by atoms with Crippen molar-refractivity contribution in [1.82, 2.24) is 10.2 Å². The van der Waals surface area contributed by atoms with Crippen molar-refractivity contribution in [2.45, 2.75) is 37.8 Å². The number of hydrogen-bond donors (Lipinski definition) is 1. The molecule has 2 fully saturated rings. The maximum Gasteiger partial charge on any atom is 0.326 e. The average Bonchev–Trinajstić information content (AvgIpc) is 3.14. The van der Waals surface area contributed by atoms with E-state index in [-0.39, 0.29) is 12.5 Å². The number of rotatable bonds is 5. The Morgan fingerprint density at radius 3 is 2.72 bits per heavy atom. The third-order valence-electron chi connectivity index (χ3n) is 4.62. The summed E-state index contributed by atoms with van der Waals surface area (Å²) in [6.07, 6.45) is 3.00. The van der Waals surface area contributed by atoms with Crippen LogP contribution in [0.2, 0.25) is 5.02 Å². The fourth-order valence-corrected chi connectivity index (χ4v) is 3.52. The summed E-state index contributed by atoms with van der Waals surface area (Å²) in [6.45, 7) is -0.466. The minimum atomic E-state index is -0.826. The van der Waals surface area contributed by atoms with E-state index in [2.05, 4.69) is 5.32 Å². The van der Waals surface area contributed by atoms with Crippen molar-refractivity contribution in [3.63, 3.8) is 0 Å². The molecule has 1 spiro atoms. The van der Waals surface area contributed by atoms with Crippen molar-refractivity contribution in [2.75, 3.05) is 13.7 Å². The van der Waals surface area contributed by atoms with Gasteiger partial charge < -0.3 is 14.8 Å². The maximum absolute atomic E-state index is 12.5. The molecule has 1 N–H and O–H groups in total. The third kappa shape index (κ3) is 3.42. The van der Waals surface area contributed by atoms with Gasteiger partial charge in [0.25, 0.3) is 5.91 Å². The summed E-state index contributed by atoms with van der Waals surface area (Å²) < 4.78 is 10.4. The molecule has 0 atom stereocenters. The van der Waals surface area contributed by atoms with Crippen molar-refractivity contribution < 1.29 is 23.9 Å². The van der Waals surface area contributed by atoms with Gasteiger partial charge in [-0.3, -0.25) is 14.5 Å². The Morgan fingerprint density at radius 1 is 1.32 bits per heavy atom. The van der Waals surface area contributed by atoms with Crippen LogP contribution in [-0.4, -0.2) is 42.0 Å². The standard InChI is InChI=1S/C17H19ClN2O5/c1-24-13-5-4-12(18)8-11(13)10-25-14(21)9-20-15(22)17(19-16(20)23)6-2-3-7-17/h4-5,8H,2-3,6-7,9-10H2,1H3,(H,19,23). The number of amides is 3. The lowest BCUT2D eigenvalue weighted by molar-refractivity contribution is -0.148. The molecular formula is C17H19ClN2O5. The lowest BCUT2D eigenvalue weighted by atomic mass is 9.98. The van der Waals surface area contributed by atoms with Crippen LogP contribution in [0.1, 0.15) is 31.2 Å². The first-order chi connectivity index (χ1) is 11.9. The van der Waals surface area contributed by atoms with Crippen LogP contribution in [0.25, 0.3) is 0 Å². The molecular weight excluding hydrogens is 348 g/mol. The number of benzene rings is 1. The molecule has 3 amide bonds. The Morgan fingerprint density at radius 2 is 2.04 bits per heavy atom. The molecule has 25 heavy (non-hydrogen) atoms. The second kappa shape index (κ2) is 6.92. The number of hydrogen-bond acceptors (Lipinski definition) is 5. The van der Waals surface area contributed by atoms with Gasteiger partial charge in [-0.05, 0) is 31.0 Å². The number of ether oxygens (including phenoxy) is 2. The summed E-state index contributed by atoms with van der Waals surface area (Å²) in [7, 11) is 1.50. The molecule has 134 valence electrons. The molecule has 1 aromatic carbocycles. The van der Waals surface area contributed by atoms with Gasteiger partial charge in [-0.15, -0.1) is 0 Å². The predicted octanol–water partition coefficient (Wildman–Crippen LogP) is 2.26. The molecule has 1 heterocycles. The summed E-state index contributed by atoms with van der Waals surface area (Å²) in [5, 5.41) is 3.22. The van der Waals surface area contributed by atoms with E-state index in [9.17, 15) is 14.4 Å². The molecule has 0 bridgehead atoms. The second-order valence-electron chi connectivity index (χ2n) is 6.23. The minimum Gasteiger partial charge on any atom is -0.496 e. The Labute approximate surface area is 150 Å². The van der Waals surface area contributed by atoms with E-state index >= 15 is 0 Å². The number of carbonyl (C=O) groups excluding carboxylic acids is 3. The Bertz CT molecular complexity index is 715. The minimum absolute atomic E-state index is 0.0582. The van der Waals surface area contributed by atoms with Gasteiger partial charge >= 0.3 is 12.0 Å². The lowest BCUT2D eigenvalue weighted by Crippen LogP contribution is -2.44. The first kappa shape index (κ1) is 17.5. The number of carbonyl (C=O) groups is 3. The van der Waals surface area contributed by atoms with Crippen molar-refractivity contribution in [3.05, 3.63) is 28.8 Å².